The summed E-state index contributed by atoms with van der Waals surface area (Å²) in [5, 5.41) is 2.36. The van der Waals surface area contributed by atoms with E-state index in [1.165, 1.54) is 19.5 Å². The van der Waals surface area contributed by atoms with Crippen LogP contribution >= 0.6 is 0 Å². The van der Waals surface area contributed by atoms with Crippen molar-refractivity contribution < 1.29 is 5.32 Å². The predicted molar refractivity (Wildman–Crippen MR) is 30.1 cm³/mol. The Hall–Kier alpha value is -0.0400. The first-order valence-corrected chi connectivity index (χ1v) is 3.08. The minimum atomic E-state index is 0.708. The molecule has 0 aromatic rings. The fraction of sp³-hybridized carbons (Fsp3) is 1.00. The first kappa shape index (κ1) is 5.10. The molecule has 1 heteroatoms. The molecule has 2 N–H and O–H groups in total. The molecule has 1 fully saturated rings. The van der Waals surface area contributed by atoms with Crippen molar-refractivity contribution in [2.45, 2.75) is 20.3 Å². The third kappa shape index (κ3) is 0.778. The summed E-state index contributed by atoms with van der Waals surface area (Å²) >= 11 is 0. The van der Waals surface area contributed by atoms with E-state index in [1.54, 1.807) is 0 Å². The molecule has 1 rings (SSSR count). The highest BCUT2D eigenvalue weighted by Gasteiger charge is 2.33. The van der Waals surface area contributed by atoms with Crippen molar-refractivity contribution in [2.24, 2.45) is 5.41 Å². The van der Waals surface area contributed by atoms with E-state index in [9.17, 15) is 0 Å². The first-order chi connectivity index (χ1) is 3.27. The van der Waals surface area contributed by atoms with Crippen LogP contribution in [-0.4, -0.2) is 13.1 Å². The van der Waals surface area contributed by atoms with Crippen LogP contribution in [0.3, 0.4) is 0 Å². The normalized spacial score (nSPS) is 26.6. The standard InChI is InChI=1S/C6H13N/c1-3-6(2)4-7-5-6/h7H,3-5H2,1-2H3/p+1. The lowest BCUT2D eigenvalue weighted by Gasteiger charge is -2.33. The van der Waals surface area contributed by atoms with Crippen molar-refractivity contribution in [1.29, 1.82) is 0 Å². The topological polar surface area (TPSA) is 16.6 Å². The average Bonchev–Trinajstić information content (AvgIpc) is 1.61. The second-order valence-electron chi connectivity index (χ2n) is 2.86. The van der Waals surface area contributed by atoms with Crippen molar-refractivity contribution in [3.8, 4) is 0 Å². The van der Waals surface area contributed by atoms with Crippen molar-refractivity contribution in [2.75, 3.05) is 13.1 Å². The van der Waals surface area contributed by atoms with Crippen LogP contribution in [0.25, 0.3) is 0 Å². The summed E-state index contributed by atoms with van der Waals surface area (Å²) in [4.78, 5) is 0. The molecule has 0 unspecified atom stereocenters. The Morgan fingerprint density at radius 1 is 1.57 bits per heavy atom. The molecule has 1 aliphatic rings. The van der Waals surface area contributed by atoms with Gasteiger partial charge in [-0.25, -0.2) is 0 Å². The number of quaternary nitrogens is 1. The van der Waals surface area contributed by atoms with E-state index in [0.717, 1.165) is 0 Å². The second-order valence-corrected chi connectivity index (χ2v) is 2.86. The number of hydrogen-bond donors (Lipinski definition) is 1. The minimum absolute atomic E-state index is 0.708. The van der Waals surface area contributed by atoms with Gasteiger partial charge in [0.25, 0.3) is 0 Å². The Bertz CT molecular complexity index is 59.1. The summed E-state index contributed by atoms with van der Waals surface area (Å²) in [6.07, 6.45) is 1.35. The van der Waals surface area contributed by atoms with E-state index < -0.39 is 0 Å². The highest BCUT2D eigenvalue weighted by Crippen LogP contribution is 2.19. The van der Waals surface area contributed by atoms with Gasteiger partial charge in [-0.05, 0) is 13.3 Å². The van der Waals surface area contributed by atoms with Crippen LogP contribution in [0.1, 0.15) is 20.3 Å². The van der Waals surface area contributed by atoms with E-state index in [0.29, 0.717) is 5.41 Å². The molecule has 1 heterocycles. The highest BCUT2D eigenvalue weighted by molar-refractivity contribution is 4.73. The molecule has 0 bridgehead atoms. The van der Waals surface area contributed by atoms with E-state index in [2.05, 4.69) is 19.2 Å². The third-order valence-electron chi connectivity index (χ3n) is 2.13. The molecule has 0 atom stereocenters. The lowest BCUT2D eigenvalue weighted by molar-refractivity contribution is -0.740. The third-order valence-corrected chi connectivity index (χ3v) is 2.13. The highest BCUT2D eigenvalue weighted by atomic mass is 15.0. The summed E-state index contributed by atoms with van der Waals surface area (Å²) in [5.41, 5.74) is 0.708. The quantitative estimate of drug-likeness (QED) is 0.477. The van der Waals surface area contributed by atoms with Crippen LogP contribution in [0.2, 0.25) is 0 Å². The number of hydrogen-bond acceptors (Lipinski definition) is 0. The maximum absolute atomic E-state index is 2.36. The van der Waals surface area contributed by atoms with Crippen LogP contribution in [0.15, 0.2) is 0 Å². The Balaban J connectivity index is 2.29. The average molecular weight is 100 g/mol. The van der Waals surface area contributed by atoms with Gasteiger partial charge in [-0.15, -0.1) is 0 Å². The Kier molecular flexibility index (Phi) is 1.08. The number of nitrogens with two attached hydrogens (primary N) is 1. The zero-order valence-electron chi connectivity index (χ0n) is 5.20. The van der Waals surface area contributed by atoms with Gasteiger partial charge in [0.05, 0.1) is 18.5 Å². The molecular formula is C6H14N+. The van der Waals surface area contributed by atoms with Crippen LogP contribution in [-0.2, 0) is 0 Å². The molecule has 0 aliphatic carbocycles. The molecule has 42 valence electrons. The number of rotatable bonds is 1. The Morgan fingerprint density at radius 3 is 2.14 bits per heavy atom. The van der Waals surface area contributed by atoms with Gasteiger partial charge in [0.2, 0.25) is 0 Å². The Labute approximate surface area is 45.1 Å². The zero-order valence-corrected chi connectivity index (χ0v) is 5.20. The molecule has 0 radical (unpaired) electrons. The molecule has 0 amide bonds. The van der Waals surface area contributed by atoms with E-state index in [-0.39, 0.29) is 0 Å². The smallest absolute Gasteiger partial charge is 0.0864 e. The van der Waals surface area contributed by atoms with Crippen molar-refractivity contribution >= 4 is 0 Å². The van der Waals surface area contributed by atoms with E-state index in [1.807, 2.05) is 0 Å². The largest absolute Gasteiger partial charge is 0.345 e. The molecule has 1 aliphatic heterocycles. The van der Waals surface area contributed by atoms with Gasteiger partial charge in [-0.1, -0.05) is 6.92 Å². The van der Waals surface area contributed by atoms with Crippen molar-refractivity contribution in [1.82, 2.24) is 0 Å². The van der Waals surface area contributed by atoms with Crippen molar-refractivity contribution in [3.63, 3.8) is 0 Å². The molecular weight excluding hydrogens is 86.1 g/mol. The lowest BCUT2D eigenvalue weighted by atomic mass is 9.82. The SMILES string of the molecule is CCC1(C)C[NH2+]C1. The van der Waals surface area contributed by atoms with Gasteiger partial charge >= 0.3 is 0 Å². The molecule has 0 spiro atoms. The van der Waals surface area contributed by atoms with Crippen LogP contribution in [0, 0.1) is 5.41 Å². The van der Waals surface area contributed by atoms with E-state index in [4.69, 9.17) is 0 Å². The van der Waals surface area contributed by atoms with Gasteiger partial charge in [-0.3, -0.25) is 0 Å². The summed E-state index contributed by atoms with van der Waals surface area (Å²) in [5.74, 6) is 0. The first-order valence-electron chi connectivity index (χ1n) is 3.08. The molecule has 1 saturated heterocycles. The lowest BCUT2D eigenvalue weighted by Crippen LogP contribution is -2.99. The zero-order chi connectivity index (χ0) is 5.33. The van der Waals surface area contributed by atoms with Crippen LogP contribution in [0.5, 0.6) is 0 Å². The molecule has 7 heavy (non-hydrogen) atoms. The van der Waals surface area contributed by atoms with Gasteiger partial charge < -0.3 is 5.32 Å². The monoisotopic (exact) mass is 100 g/mol. The van der Waals surface area contributed by atoms with Crippen molar-refractivity contribution in [3.05, 3.63) is 0 Å². The Morgan fingerprint density at radius 2 is 2.14 bits per heavy atom. The summed E-state index contributed by atoms with van der Waals surface area (Å²) in [6, 6.07) is 0. The molecule has 0 aromatic carbocycles. The maximum Gasteiger partial charge on any atom is 0.0864 e. The van der Waals surface area contributed by atoms with Gasteiger partial charge in [0, 0.05) is 0 Å². The summed E-state index contributed by atoms with van der Waals surface area (Å²) in [7, 11) is 0. The van der Waals surface area contributed by atoms with Crippen LogP contribution < -0.4 is 5.32 Å². The molecule has 0 saturated carbocycles. The molecule has 1 nitrogen and oxygen atoms in total. The maximum atomic E-state index is 2.36. The van der Waals surface area contributed by atoms with Gasteiger partial charge in [-0.2, -0.15) is 0 Å². The summed E-state index contributed by atoms with van der Waals surface area (Å²) in [6.45, 7) is 7.33. The fourth-order valence-corrected chi connectivity index (χ4v) is 0.926. The van der Waals surface area contributed by atoms with Gasteiger partial charge in [0.15, 0.2) is 0 Å². The fourth-order valence-electron chi connectivity index (χ4n) is 0.926. The summed E-state index contributed by atoms with van der Waals surface area (Å²) < 4.78 is 0. The van der Waals surface area contributed by atoms with E-state index >= 15 is 0 Å². The molecule has 0 aromatic heterocycles. The predicted octanol–water partition coefficient (Wildman–Crippen LogP) is -0.0203. The second kappa shape index (κ2) is 1.48. The van der Waals surface area contributed by atoms with Crippen LogP contribution in [0.4, 0.5) is 0 Å². The van der Waals surface area contributed by atoms with Gasteiger partial charge in [0.1, 0.15) is 0 Å². The minimum Gasteiger partial charge on any atom is -0.345 e.